The molecular formula is C33H34N6O2. The lowest BCUT2D eigenvalue weighted by Gasteiger charge is -2.27. The predicted molar refractivity (Wildman–Crippen MR) is 160 cm³/mol. The summed E-state index contributed by atoms with van der Waals surface area (Å²) in [5, 5.41) is 1.18. The summed E-state index contributed by atoms with van der Waals surface area (Å²) in [5.74, 6) is 2.63. The average molecular weight is 547 g/mol. The first kappa shape index (κ1) is 24.6. The summed E-state index contributed by atoms with van der Waals surface area (Å²) in [6, 6.07) is 16.9. The van der Waals surface area contributed by atoms with Crippen LogP contribution in [-0.2, 0) is 13.6 Å². The van der Waals surface area contributed by atoms with Crippen molar-refractivity contribution in [2.24, 2.45) is 24.6 Å². The molecule has 2 aromatic carbocycles. The SMILES string of the molecule is COc1cc(C(=O)N2CC3CCC2[C@@H]3N)cc2nc(-c3cc4ccc(-c5cccnc5)cc4n3CC3CC3)n(C)c12. The van der Waals surface area contributed by atoms with Gasteiger partial charge >= 0.3 is 0 Å². The molecule has 2 aliphatic carbocycles. The molecule has 8 rings (SSSR count). The fourth-order valence-electron chi connectivity index (χ4n) is 7.17. The first-order chi connectivity index (χ1) is 20.0. The van der Waals surface area contributed by atoms with Crippen molar-refractivity contribution in [1.29, 1.82) is 0 Å². The van der Waals surface area contributed by atoms with Crippen LogP contribution in [0.3, 0.4) is 0 Å². The molecule has 4 heterocycles. The van der Waals surface area contributed by atoms with Crippen LogP contribution in [-0.4, -0.2) is 55.6 Å². The Morgan fingerprint density at radius 3 is 2.66 bits per heavy atom. The Kier molecular flexibility index (Phi) is 5.51. The maximum Gasteiger partial charge on any atom is 0.254 e. The van der Waals surface area contributed by atoms with Crippen LogP contribution < -0.4 is 10.5 Å². The van der Waals surface area contributed by atoms with E-state index < -0.39 is 0 Å². The number of pyridine rings is 1. The van der Waals surface area contributed by atoms with Crippen molar-refractivity contribution >= 4 is 27.8 Å². The molecule has 1 amide bonds. The van der Waals surface area contributed by atoms with Gasteiger partial charge in [0.05, 0.1) is 18.3 Å². The lowest BCUT2D eigenvalue weighted by atomic mass is 10.1. The number of rotatable bonds is 6. The van der Waals surface area contributed by atoms with Crippen molar-refractivity contribution in [3.05, 3.63) is 66.5 Å². The Labute approximate surface area is 238 Å². The average Bonchev–Trinajstić information content (AvgIpc) is 3.41. The number of amides is 1. The molecule has 5 aromatic rings. The number of hydrogen-bond donors (Lipinski definition) is 1. The highest BCUT2D eigenvalue weighted by Gasteiger charge is 2.47. The van der Waals surface area contributed by atoms with Crippen molar-refractivity contribution < 1.29 is 9.53 Å². The number of methoxy groups -OCH3 is 1. The number of piperidine rings is 1. The van der Waals surface area contributed by atoms with Crippen LogP contribution in [0.5, 0.6) is 5.75 Å². The van der Waals surface area contributed by atoms with Gasteiger partial charge in [-0.05, 0) is 73.4 Å². The molecule has 2 unspecified atom stereocenters. The highest BCUT2D eigenvalue weighted by atomic mass is 16.5. The van der Waals surface area contributed by atoms with Gasteiger partial charge in [0.15, 0.2) is 5.82 Å². The van der Waals surface area contributed by atoms with Gasteiger partial charge in [-0.25, -0.2) is 4.98 Å². The van der Waals surface area contributed by atoms with Crippen LogP contribution in [0.2, 0.25) is 0 Å². The first-order valence-corrected chi connectivity index (χ1v) is 14.6. The zero-order chi connectivity index (χ0) is 27.8. The van der Waals surface area contributed by atoms with E-state index in [2.05, 4.69) is 44.5 Å². The standard InChI is InChI=1S/C33H34N6O2/c1-37-31-25(12-24(15-29(31)41-2)33(40)39-18-23-9-10-26(39)30(23)34)36-32(37)28-14-21-8-7-20(22-4-3-11-35-16-22)13-27(21)38(28)17-19-5-6-19/h3-4,7-8,11-16,19,23,26,30H,5-6,9-10,17-18,34H2,1-2H3/t23?,26?,30-/m1/s1. The number of ether oxygens (including phenoxy) is 1. The van der Waals surface area contributed by atoms with Crippen molar-refractivity contribution in [1.82, 2.24) is 24.0 Å². The minimum atomic E-state index is 0.0193. The van der Waals surface area contributed by atoms with E-state index in [1.54, 1.807) is 13.3 Å². The summed E-state index contributed by atoms with van der Waals surface area (Å²) < 4.78 is 10.4. The van der Waals surface area contributed by atoms with Crippen LogP contribution in [0.15, 0.2) is 60.9 Å². The second kappa shape index (κ2) is 9.17. The Morgan fingerprint density at radius 1 is 1.07 bits per heavy atom. The molecular weight excluding hydrogens is 512 g/mol. The summed E-state index contributed by atoms with van der Waals surface area (Å²) in [5.41, 5.74) is 13.2. The normalized spacial score (nSPS) is 21.8. The molecule has 1 saturated heterocycles. The molecule has 0 spiro atoms. The highest BCUT2D eigenvalue weighted by molar-refractivity contribution is 6.00. The van der Waals surface area contributed by atoms with E-state index in [1.807, 2.05) is 36.3 Å². The van der Waals surface area contributed by atoms with Crippen molar-refractivity contribution in [2.75, 3.05) is 13.7 Å². The second-order valence-corrected chi connectivity index (χ2v) is 12.1. The molecule has 2 saturated carbocycles. The van der Waals surface area contributed by atoms with Crippen LogP contribution in [0.25, 0.3) is 44.6 Å². The van der Waals surface area contributed by atoms with E-state index in [0.29, 0.717) is 23.1 Å². The number of carbonyl (C=O) groups excluding carboxylic acids is 1. The van der Waals surface area contributed by atoms with Crippen LogP contribution in [0.1, 0.15) is 36.0 Å². The number of fused-ring (bicyclic) bond motifs is 4. The number of likely N-dealkylation sites (tertiary alicyclic amines) is 1. The Morgan fingerprint density at radius 2 is 1.95 bits per heavy atom. The van der Waals surface area contributed by atoms with Gasteiger partial charge < -0.3 is 24.5 Å². The maximum absolute atomic E-state index is 13.7. The van der Waals surface area contributed by atoms with Gasteiger partial charge in [0.2, 0.25) is 0 Å². The molecule has 0 radical (unpaired) electrons. The number of aromatic nitrogens is 4. The molecule has 3 aliphatic rings. The third-order valence-corrected chi connectivity index (χ3v) is 9.58. The summed E-state index contributed by atoms with van der Waals surface area (Å²) in [6.45, 7) is 1.69. The monoisotopic (exact) mass is 546 g/mol. The summed E-state index contributed by atoms with van der Waals surface area (Å²) >= 11 is 0. The van der Waals surface area contributed by atoms with E-state index in [1.165, 1.54) is 23.7 Å². The number of nitrogens with two attached hydrogens (primary N) is 1. The van der Waals surface area contributed by atoms with Crippen molar-refractivity contribution in [3.8, 4) is 28.4 Å². The second-order valence-electron chi connectivity index (χ2n) is 12.1. The molecule has 8 nitrogen and oxygen atoms in total. The topological polar surface area (TPSA) is 91.2 Å². The zero-order valence-electron chi connectivity index (χ0n) is 23.5. The maximum atomic E-state index is 13.7. The Hall–Kier alpha value is -4.17. The van der Waals surface area contributed by atoms with Crippen LogP contribution in [0.4, 0.5) is 0 Å². The molecule has 3 atom stereocenters. The number of carbonyl (C=O) groups is 1. The molecule has 2 N–H and O–H groups in total. The van der Waals surface area contributed by atoms with Gasteiger partial charge in [0, 0.05) is 66.6 Å². The van der Waals surface area contributed by atoms with Gasteiger partial charge in [-0.2, -0.15) is 0 Å². The molecule has 2 bridgehead atoms. The zero-order valence-corrected chi connectivity index (χ0v) is 23.5. The molecule has 1 aliphatic heterocycles. The molecule has 3 aromatic heterocycles. The summed E-state index contributed by atoms with van der Waals surface area (Å²) in [4.78, 5) is 25.1. The van der Waals surface area contributed by atoms with Crippen LogP contribution >= 0.6 is 0 Å². The van der Waals surface area contributed by atoms with Crippen molar-refractivity contribution in [2.45, 2.75) is 44.3 Å². The van der Waals surface area contributed by atoms with E-state index in [0.717, 1.165) is 59.6 Å². The number of hydrogen-bond acceptors (Lipinski definition) is 5. The van der Waals surface area contributed by atoms with E-state index in [4.69, 9.17) is 15.5 Å². The van der Waals surface area contributed by atoms with Crippen LogP contribution in [0, 0.1) is 11.8 Å². The van der Waals surface area contributed by atoms with Gasteiger partial charge in [0.1, 0.15) is 11.3 Å². The largest absolute Gasteiger partial charge is 0.494 e. The Bertz CT molecular complexity index is 1820. The predicted octanol–water partition coefficient (Wildman–Crippen LogP) is 5.24. The fraction of sp³-hybridized carbons (Fsp3) is 0.364. The molecule has 3 fully saturated rings. The molecule has 208 valence electrons. The smallest absolute Gasteiger partial charge is 0.254 e. The lowest BCUT2D eigenvalue weighted by Crippen LogP contribution is -2.41. The van der Waals surface area contributed by atoms with Gasteiger partial charge in [-0.1, -0.05) is 18.2 Å². The fourth-order valence-corrected chi connectivity index (χ4v) is 7.17. The number of imidazole rings is 1. The lowest BCUT2D eigenvalue weighted by molar-refractivity contribution is 0.0700. The first-order valence-electron chi connectivity index (χ1n) is 14.6. The minimum absolute atomic E-state index is 0.0193. The van der Waals surface area contributed by atoms with E-state index in [9.17, 15) is 4.79 Å². The van der Waals surface area contributed by atoms with Gasteiger partial charge in [-0.3, -0.25) is 9.78 Å². The van der Waals surface area contributed by atoms with Gasteiger partial charge in [0.25, 0.3) is 5.91 Å². The van der Waals surface area contributed by atoms with Gasteiger partial charge in [-0.15, -0.1) is 0 Å². The van der Waals surface area contributed by atoms with E-state index in [-0.39, 0.29) is 18.0 Å². The summed E-state index contributed by atoms with van der Waals surface area (Å²) in [7, 11) is 3.70. The number of nitrogens with zero attached hydrogens (tertiary/aromatic N) is 5. The highest BCUT2D eigenvalue weighted by Crippen LogP contribution is 2.40. The minimum Gasteiger partial charge on any atom is -0.494 e. The summed E-state index contributed by atoms with van der Waals surface area (Å²) in [6.07, 6.45) is 8.32. The molecule has 41 heavy (non-hydrogen) atoms. The van der Waals surface area contributed by atoms with E-state index >= 15 is 0 Å². The number of benzene rings is 2. The Balaban J connectivity index is 1.25. The van der Waals surface area contributed by atoms with Crippen molar-refractivity contribution in [3.63, 3.8) is 0 Å². The molecule has 8 heteroatoms. The third kappa shape index (κ3) is 3.88. The number of aryl methyl sites for hydroxylation is 1. The third-order valence-electron chi connectivity index (χ3n) is 9.58. The quantitative estimate of drug-likeness (QED) is 0.315.